The minimum atomic E-state index is 0.285. The first-order chi connectivity index (χ1) is 9.06. The molecule has 1 atom stereocenters. The van der Waals surface area contributed by atoms with Gasteiger partial charge in [0.15, 0.2) is 0 Å². The van der Waals surface area contributed by atoms with E-state index in [0.717, 1.165) is 12.1 Å². The molecule has 0 fully saturated rings. The van der Waals surface area contributed by atoms with Crippen LogP contribution in [-0.4, -0.2) is 0 Å². The van der Waals surface area contributed by atoms with Crippen molar-refractivity contribution in [1.82, 2.24) is 5.32 Å². The van der Waals surface area contributed by atoms with Gasteiger partial charge in [0.1, 0.15) is 0 Å². The quantitative estimate of drug-likeness (QED) is 0.822. The second kappa shape index (κ2) is 6.42. The average molecular weight is 294 g/mol. The monoisotopic (exact) mass is 293 g/mol. The van der Waals surface area contributed by atoms with Crippen molar-refractivity contribution < 1.29 is 0 Å². The topological polar surface area (TPSA) is 12.0 Å². The molecule has 0 saturated heterocycles. The Bertz CT molecular complexity index is 549. The second-order valence-electron chi connectivity index (χ2n) is 4.75. The van der Waals surface area contributed by atoms with E-state index < -0.39 is 0 Å². The summed E-state index contributed by atoms with van der Waals surface area (Å²) < 4.78 is 0. The molecular weight excluding hydrogens is 277 g/mol. The van der Waals surface area contributed by atoms with Crippen molar-refractivity contribution in [3.05, 3.63) is 69.2 Å². The average Bonchev–Trinajstić information content (AvgIpc) is 2.38. The minimum Gasteiger partial charge on any atom is -0.306 e. The summed E-state index contributed by atoms with van der Waals surface area (Å²) in [6.07, 6.45) is 0. The molecule has 2 aromatic carbocycles. The number of hydrogen-bond donors (Lipinski definition) is 1. The molecule has 1 N–H and O–H groups in total. The van der Waals surface area contributed by atoms with E-state index in [0.29, 0.717) is 10.0 Å². The van der Waals surface area contributed by atoms with Gasteiger partial charge in [0.2, 0.25) is 0 Å². The van der Waals surface area contributed by atoms with Gasteiger partial charge in [-0.1, -0.05) is 59.1 Å². The van der Waals surface area contributed by atoms with Crippen molar-refractivity contribution >= 4 is 23.2 Å². The molecule has 0 saturated carbocycles. The van der Waals surface area contributed by atoms with Gasteiger partial charge >= 0.3 is 0 Å². The Hall–Kier alpha value is -1.02. The lowest BCUT2D eigenvalue weighted by Gasteiger charge is -2.15. The summed E-state index contributed by atoms with van der Waals surface area (Å²) in [5, 5.41) is 4.84. The summed E-state index contributed by atoms with van der Waals surface area (Å²) in [4.78, 5) is 0. The third-order valence-corrected chi connectivity index (χ3v) is 3.78. The Labute approximate surface area is 124 Å². The van der Waals surface area contributed by atoms with Crippen LogP contribution >= 0.6 is 23.2 Å². The van der Waals surface area contributed by atoms with Crippen molar-refractivity contribution in [3.63, 3.8) is 0 Å². The summed E-state index contributed by atoms with van der Waals surface area (Å²) in [6.45, 7) is 4.97. The van der Waals surface area contributed by atoms with Crippen LogP contribution in [-0.2, 0) is 6.54 Å². The van der Waals surface area contributed by atoms with Gasteiger partial charge < -0.3 is 5.32 Å². The van der Waals surface area contributed by atoms with Crippen molar-refractivity contribution in [3.8, 4) is 0 Å². The number of hydrogen-bond acceptors (Lipinski definition) is 1. The molecule has 0 aliphatic carbocycles. The lowest BCUT2D eigenvalue weighted by Crippen LogP contribution is -2.18. The first kappa shape index (κ1) is 14.4. The molecule has 0 heterocycles. The minimum absolute atomic E-state index is 0.285. The summed E-state index contributed by atoms with van der Waals surface area (Å²) >= 11 is 12.0. The van der Waals surface area contributed by atoms with Crippen LogP contribution in [0.4, 0.5) is 0 Å². The predicted octanol–water partition coefficient (Wildman–Crippen LogP) is 5.15. The maximum Gasteiger partial charge on any atom is 0.0465 e. The fourth-order valence-electron chi connectivity index (χ4n) is 1.90. The van der Waals surface area contributed by atoms with Gasteiger partial charge in [-0.25, -0.2) is 0 Å². The fraction of sp³-hybridized carbons (Fsp3) is 0.250. The maximum absolute atomic E-state index is 6.16. The summed E-state index contributed by atoms with van der Waals surface area (Å²) in [5.41, 5.74) is 3.61. The molecule has 2 rings (SSSR count). The van der Waals surface area contributed by atoms with E-state index in [2.05, 4.69) is 43.4 Å². The molecule has 100 valence electrons. The highest BCUT2D eigenvalue weighted by Crippen LogP contribution is 2.22. The van der Waals surface area contributed by atoms with Crippen molar-refractivity contribution in [2.24, 2.45) is 0 Å². The Morgan fingerprint density at radius 3 is 2.37 bits per heavy atom. The molecule has 1 nitrogen and oxygen atoms in total. The fourth-order valence-corrected chi connectivity index (χ4v) is 2.38. The molecule has 0 aromatic heterocycles. The highest BCUT2D eigenvalue weighted by atomic mass is 35.5. The lowest BCUT2D eigenvalue weighted by atomic mass is 10.1. The Balaban J connectivity index is 2.00. The van der Waals surface area contributed by atoms with Crippen LogP contribution in [0.1, 0.15) is 29.7 Å². The molecule has 19 heavy (non-hydrogen) atoms. The van der Waals surface area contributed by atoms with Crippen LogP contribution in [0.5, 0.6) is 0 Å². The molecular formula is C16H17Cl2N. The molecule has 0 aliphatic rings. The summed E-state index contributed by atoms with van der Waals surface area (Å²) in [6, 6.07) is 14.4. The normalized spacial score (nSPS) is 12.4. The van der Waals surface area contributed by atoms with Crippen molar-refractivity contribution in [2.45, 2.75) is 26.4 Å². The van der Waals surface area contributed by atoms with Gasteiger partial charge in [-0.15, -0.1) is 0 Å². The van der Waals surface area contributed by atoms with Gasteiger partial charge in [0.25, 0.3) is 0 Å². The summed E-state index contributed by atoms with van der Waals surface area (Å²) in [5.74, 6) is 0. The van der Waals surface area contributed by atoms with Gasteiger partial charge in [0, 0.05) is 22.6 Å². The summed E-state index contributed by atoms with van der Waals surface area (Å²) in [7, 11) is 0. The van der Waals surface area contributed by atoms with Crippen LogP contribution in [0.15, 0.2) is 42.5 Å². The SMILES string of the molecule is Cc1ccc([C@H](C)NCc2ccc(Cl)cc2Cl)cc1. The Kier molecular flexibility index (Phi) is 4.87. The van der Waals surface area contributed by atoms with Crippen LogP contribution in [0, 0.1) is 6.92 Å². The van der Waals surface area contributed by atoms with E-state index >= 15 is 0 Å². The molecule has 2 aromatic rings. The first-order valence-corrected chi connectivity index (χ1v) is 7.06. The lowest BCUT2D eigenvalue weighted by molar-refractivity contribution is 0.575. The number of nitrogens with one attached hydrogen (secondary N) is 1. The largest absolute Gasteiger partial charge is 0.306 e. The van der Waals surface area contributed by atoms with Gasteiger partial charge in [-0.2, -0.15) is 0 Å². The van der Waals surface area contributed by atoms with Crippen LogP contribution < -0.4 is 5.32 Å². The van der Waals surface area contributed by atoms with Gasteiger partial charge in [-0.05, 0) is 37.1 Å². The zero-order valence-electron chi connectivity index (χ0n) is 11.1. The first-order valence-electron chi connectivity index (χ1n) is 6.30. The predicted molar refractivity (Wildman–Crippen MR) is 82.9 cm³/mol. The number of rotatable bonds is 4. The smallest absolute Gasteiger partial charge is 0.0465 e. The Morgan fingerprint density at radius 2 is 1.74 bits per heavy atom. The molecule has 0 amide bonds. The third kappa shape index (κ3) is 3.97. The molecule has 0 aliphatic heterocycles. The van der Waals surface area contributed by atoms with Crippen molar-refractivity contribution in [1.29, 1.82) is 0 Å². The van der Waals surface area contributed by atoms with E-state index in [9.17, 15) is 0 Å². The molecule has 0 spiro atoms. The van der Waals surface area contributed by atoms with Gasteiger partial charge in [-0.3, -0.25) is 0 Å². The van der Waals surface area contributed by atoms with E-state index in [1.165, 1.54) is 11.1 Å². The maximum atomic E-state index is 6.16. The zero-order chi connectivity index (χ0) is 13.8. The number of benzene rings is 2. The number of halogens is 2. The van der Waals surface area contributed by atoms with Gasteiger partial charge in [0.05, 0.1) is 0 Å². The number of aryl methyl sites for hydroxylation is 1. The standard InChI is InChI=1S/C16H17Cl2N/c1-11-3-5-13(6-4-11)12(2)19-10-14-7-8-15(17)9-16(14)18/h3-9,12,19H,10H2,1-2H3/t12-/m0/s1. The molecule has 0 bridgehead atoms. The Morgan fingerprint density at radius 1 is 1.05 bits per heavy atom. The van der Waals surface area contributed by atoms with E-state index in [-0.39, 0.29) is 6.04 Å². The zero-order valence-corrected chi connectivity index (χ0v) is 12.6. The third-order valence-electron chi connectivity index (χ3n) is 3.19. The van der Waals surface area contributed by atoms with E-state index in [1.54, 1.807) is 6.07 Å². The van der Waals surface area contributed by atoms with E-state index in [1.807, 2.05) is 12.1 Å². The van der Waals surface area contributed by atoms with Crippen molar-refractivity contribution in [2.75, 3.05) is 0 Å². The van der Waals surface area contributed by atoms with Crippen LogP contribution in [0.3, 0.4) is 0 Å². The van der Waals surface area contributed by atoms with E-state index in [4.69, 9.17) is 23.2 Å². The molecule has 0 unspecified atom stereocenters. The highest BCUT2D eigenvalue weighted by molar-refractivity contribution is 6.35. The van der Waals surface area contributed by atoms with Crippen LogP contribution in [0.2, 0.25) is 10.0 Å². The molecule has 0 radical (unpaired) electrons. The molecule has 3 heteroatoms. The van der Waals surface area contributed by atoms with Crippen LogP contribution in [0.25, 0.3) is 0 Å². The highest BCUT2D eigenvalue weighted by Gasteiger charge is 2.06. The second-order valence-corrected chi connectivity index (χ2v) is 5.59.